The molecule has 0 spiro atoms. The first-order chi connectivity index (χ1) is 10.8. The van der Waals surface area contributed by atoms with Crippen molar-refractivity contribution in [3.8, 4) is 17.2 Å². The molecule has 6 heteroatoms. The van der Waals surface area contributed by atoms with Gasteiger partial charge in [0.05, 0.1) is 19.5 Å². The molecule has 1 saturated heterocycles. The van der Waals surface area contributed by atoms with Crippen LogP contribution in [0.4, 0.5) is 5.95 Å². The lowest BCUT2D eigenvalue weighted by atomic mass is 10.3. The van der Waals surface area contributed by atoms with E-state index >= 15 is 0 Å². The van der Waals surface area contributed by atoms with Crippen molar-refractivity contribution >= 4 is 5.95 Å². The van der Waals surface area contributed by atoms with Crippen LogP contribution in [0.2, 0.25) is 0 Å². The number of ether oxygens (including phenoxy) is 2. The number of hydrogen-bond donors (Lipinski definition) is 1. The molecule has 0 saturated carbocycles. The highest BCUT2D eigenvalue weighted by Gasteiger charge is 2.12. The summed E-state index contributed by atoms with van der Waals surface area (Å²) in [5.41, 5.74) is 0. The van der Waals surface area contributed by atoms with E-state index in [1.54, 1.807) is 19.5 Å². The van der Waals surface area contributed by atoms with Crippen LogP contribution in [0.25, 0.3) is 0 Å². The van der Waals surface area contributed by atoms with E-state index in [1.165, 1.54) is 0 Å². The topological polar surface area (TPSA) is 59.5 Å². The number of nitrogens with zero attached hydrogens (tertiary/aromatic N) is 3. The Morgan fingerprint density at radius 3 is 2.41 bits per heavy atom. The van der Waals surface area contributed by atoms with Crippen LogP contribution < -0.4 is 19.7 Å². The maximum absolute atomic E-state index is 5.73. The van der Waals surface area contributed by atoms with Crippen LogP contribution in [0.3, 0.4) is 0 Å². The second kappa shape index (κ2) is 7.09. The van der Waals surface area contributed by atoms with Crippen LogP contribution in [-0.4, -0.2) is 43.3 Å². The molecular formula is C16H20N4O2. The molecule has 2 heterocycles. The average Bonchev–Trinajstić information content (AvgIpc) is 2.86. The quantitative estimate of drug-likeness (QED) is 0.933. The van der Waals surface area contributed by atoms with Crippen molar-refractivity contribution in [2.45, 2.75) is 6.42 Å². The summed E-state index contributed by atoms with van der Waals surface area (Å²) in [6, 6.07) is 7.42. The number of methoxy groups -OCH3 is 1. The Bertz CT molecular complexity index is 578. The van der Waals surface area contributed by atoms with Crippen LogP contribution in [0.15, 0.2) is 36.7 Å². The standard InChI is InChI=1S/C16H20N4O2/c1-21-13-3-5-14(6-4-13)22-15-11-18-16(19-12-15)20-9-2-7-17-8-10-20/h3-6,11-12,17H,2,7-10H2,1H3. The summed E-state index contributed by atoms with van der Waals surface area (Å²) < 4.78 is 10.9. The molecule has 0 amide bonds. The predicted molar refractivity (Wildman–Crippen MR) is 84.8 cm³/mol. The van der Waals surface area contributed by atoms with E-state index in [9.17, 15) is 0 Å². The molecule has 116 valence electrons. The highest BCUT2D eigenvalue weighted by Crippen LogP contribution is 2.23. The third kappa shape index (κ3) is 3.65. The number of rotatable bonds is 4. The zero-order chi connectivity index (χ0) is 15.2. The van der Waals surface area contributed by atoms with Gasteiger partial charge in [0, 0.05) is 19.6 Å². The molecule has 0 aliphatic carbocycles. The number of aromatic nitrogens is 2. The highest BCUT2D eigenvalue weighted by molar-refractivity contribution is 5.36. The number of anilines is 1. The van der Waals surface area contributed by atoms with Gasteiger partial charge in [-0.15, -0.1) is 0 Å². The third-order valence-electron chi connectivity index (χ3n) is 3.53. The summed E-state index contributed by atoms with van der Waals surface area (Å²) in [6.07, 6.45) is 4.53. The van der Waals surface area contributed by atoms with Gasteiger partial charge in [0.15, 0.2) is 5.75 Å². The van der Waals surface area contributed by atoms with Gasteiger partial charge in [0.2, 0.25) is 5.95 Å². The van der Waals surface area contributed by atoms with Crippen LogP contribution >= 0.6 is 0 Å². The lowest BCUT2D eigenvalue weighted by molar-refractivity contribution is 0.412. The molecular weight excluding hydrogens is 280 g/mol. The number of nitrogens with one attached hydrogen (secondary N) is 1. The zero-order valence-corrected chi connectivity index (χ0v) is 12.7. The lowest BCUT2D eigenvalue weighted by Gasteiger charge is -2.19. The molecule has 22 heavy (non-hydrogen) atoms. The minimum Gasteiger partial charge on any atom is -0.497 e. The van der Waals surface area contributed by atoms with Gasteiger partial charge in [-0.2, -0.15) is 0 Å². The van der Waals surface area contributed by atoms with Gasteiger partial charge in [0.25, 0.3) is 0 Å². The first kappa shape index (κ1) is 14.6. The highest BCUT2D eigenvalue weighted by atomic mass is 16.5. The summed E-state index contributed by atoms with van der Waals surface area (Å²) in [5.74, 6) is 2.91. The lowest BCUT2D eigenvalue weighted by Crippen LogP contribution is -2.29. The molecule has 0 radical (unpaired) electrons. The molecule has 6 nitrogen and oxygen atoms in total. The molecule has 1 N–H and O–H groups in total. The van der Waals surface area contributed by atoms with Crippen molar-refractivity contribution in [1.82, 2.24) is 15.3 Å². The molecule has 3 rings (SSSR count). The van der Waals surface area contributed by atoms with Crippen molar-refractivity contribution in [2.24, 2.45) is 0 Å². The Morgan fingerprint density at radius 1 is 0.955 bits per heavy atom. The second-order valence-electron chi connectivity index (χ2n) is 5.09. The van der Waals surface area contributed by atoms with Gasteiger partial charge in [-0.3, -0.25) is 0 Å². The summed E-state index contributed by atoms with van der Waals surface area (Å²) in [5, 5.41) is 3.37. The van der Waals surface area contributed by atoms with Gasteiger partial charge in [-0.05, 0) is 37.2 Å². The number of benzene rings is 1. The van der Waals surface area contributed by atoms with Crippen LogP contribution in [0, 0.1) is 0 Å². The molecule has 1 aliphatic rings. The fourth-order valence-electron chi connectivity index (χ4n) is 2.35. The summed E-state index contributed by atoms with van der Waals surface area (Å²) >= 11 is 0. The SMILES string of the molecule is COc1ccc(Oc2cnc(N3CCCNCC3)nc2)cc1. The molecule has 1 aromatic carbocycles. The number of hydrogen-bond acceptors (Lipinski definition) is 6. The van der Waals surface area contributed by atoms with Gasteiger partial charge in [-0.1, -0.05) is 0 Å². The summed E-state index contributed by atoms with van der Waals surface area (Å²) in [7, 11) is 1.64. The van der Waals surface area contributed by atoms with E-state index in [0.29, 0.717) is 5.75 Å². The monoisotopic (exact) mass is 300 g/mol. The van der Waals surface area contributed by atoms with Crippen molar-refractivity contribution in [1.29, 1.82) is 0 Å². The second-order valence-corrected chi connectivity index (χ2v) is 5.09. The largest absolute Gasteiger partial charge is 0.497 e. The zero-order valence-electron chi connectivity index (χ0n) is 12.7. The average molecular weight is 300 g/mol. The summed E-state index contributed by atoms with van der Waals surface area (Å²) in [6.45, 7) is 3.92. The normalized spacial score (nSPS) is 15.2. The third-order valence-corrected chi connectivity index (χ3v) is 3.53. The maximum atomic E-state index is 5.73. The van der Waals surface area contributed by atoms with E-state index < -0.39 is 0 Å². The Labute approximate surface area is 130 Å². The Balaban J connectivity index is 1.65. The van der Waals surface area contributed by atoms with Gasteiger partial charge >= 0.3 is 0 Å². The minimum absolute atomic E-state index is 0.627. The molecule has 1 aromatic heterocycles. The fraction of sp³-hybridized carbons (Fsp3) is 0.375. The van der Waals surface area contributed by atoms with E-state index in [4.69, 9.17) is 9.47 Å². The molecule has 1 aliphatic heterocycles. The first-order valence-corrected chi connectivity index (χ1v) is 7.45. The predicted octanol–water partition coefficient (Wildman–Crippen LogP) is 2.08. The van der Waals surface area contributed by atoms with Crippen LogP contribution in [0.1, 0.15) is 6.42 Å². The van der Waals surface area contributed by atoms with Crippen molar-refractivity contribution in [2.75, 3.05) is 38.2 Å². The molecule has 1 fully saturated rings. The fourth-order valence-corrected chi connectivity index (χ4v) is 2.35. The maximum Gasteiger partial charge on any atom is 0.225 e. The van der Waals surface area contributed by atoms with Crippen molar-refractivity contribution < 1.29 is 9.47 Å². The van der Waals surface area contributed by atoms with E-state index in [0.717, 1.165) is 50.0 Å². The molecule has 0 atom stereocenters. The smallest absolute Gasteiger partial charge is 0.225 e. The van der Waals surface area contributed by atoms with Crippen molar-refractivity contribution in [3.63, 3.8) is 0 Å². The van der Waals surface area contributed by atoms with Gasteiger partial charge in [0.1, 0.15) is 11.5 Å². The van der Waals surface area contributed by atoms with Gasteiger partial charge in [-0.25, -0.2) is 9.97 Å². The van der Waals surface area contributed by atoms with E-state index in [1.807, 2.05) is 24.3 Å². The Kier molecular flexibility index (Phi) is 4.70. The van der Waals surface area contributed by atoms with Crippen LogP contribution in [-0.2, 0) is 0 Å². The molecule has 0 bridgehead atoms. The van der Waals surface area contributed by atoms with E-state index in [-0.39, 0.29) is 0 Å². The molecule has 2 aromatic rings. The first-order valence-electron chi connectivity index (χ1n) is 7.45. The molecule has 0 unspecified atom stereocenters. The van der Waals surface area contributed by atoms with E-state index in [2.05, 4.69) is 20.2 Å². The van der Waals surface area contributed by atoms with Crippen LogP contribution in [0.5, 0.6) is 17.2 Å². The minimum atomic E-state index is 0.627. The summed E-state index contributed by atoms with van der Waals surface area (Å²) in [4.78, 5) is 11.0. The Hall–Kier alpha value is -2.34. The van der Waals surface area contributed by atoms with Gasteiger partial charge < -0.3 is 19.7 Å². The Morgan fingerprint density at radius 2 is 1.68 bits per heavy atom. The van der Waals surface area contributed by atoms with Crippen molar-refractivity contribution in [3.05, 3.63) is 36.7 Å².